The van der Waals surface area contributed by atoms with Gasteiger partial charge in [0, 0.05) is 36.5 Å². The lowest BCUT2D eigenvalue weighted by molar-refractivity contribution is -0.126. The van der Waals surface area contributed by atoms with E-state index >= 15 is 0 Å². The smallest absolute Gasteiger partial charge is 0.246 e. The summed E-state index contributed by atoms with van der Waals surface area (Å²) in [5.41, 5.74) is 3.98. The minimum Gasteiger partial charge on any atom is -0.339 e. The van der Waals surface area contributed by atoms with Crippen molar-refractivity contribution in [2.24, 2.45) is 11.8 Å². The fourth-order valence-corrected chi connectivity index (χ4v) is 4.73. The molecule has 28 heavy (non-hydrogen) atoms. The van der Waals surface area contributed by atoms with E-state index in [1.807, 2.05) is 47.1 Å². The lowest BCUT2D eigenvalue weighted by atomic mass is 9.84. The Morgan fingerprint density at radius 1 is 0.929 bits per heavy atom. The van der Waals surface area contributed by atoms with Gasteiger partial charge >= 0.3 is 0 Å². The molecule has 0 spiro atoms. The van der Waals surface area contributed by atoms with Crippen molar-refractivity contribution in [3.8, 4) is 11.3 Å². The number of aromatic nitrogens is 2. The van der Waals surface area contributed by atoms with Crippen molar-refractivity contribution in [1.29, 1.82) is 0 Å². The number of hydrogen-bond acceptors (Lipinski definition) is 2. The summed E-state index contributed by atoms with van der Waals surface area (Å²) in [5, 5.41) is 4.76. The van der Waals surface area contributed by atoms with Gasteiger partial charge in [0.2, 0.25) is 5.91 Å². The van der Waals surface area contributed by atoms with Crippen molar-refractivity contribution in [1.82, 2.24) is 14.5 Å². The van der Waals surface area contributed by atoms with E-state index in [0.717, 1.165) is 35.4 Å². The topological polar surface area (TPSA) is 37.6 Å². The molecule has 3 aliphatic rings. The average molecular weight is 371 g/mol. The zero-order valence-electron chi connectivity index (χ0n) is 16.0. The molecular weight excluding hydrogens is 346 g/mol. The average Bonchev–Trinajstić information content (AvgIpc) is 2.87. The molecule has 1 aromatic carbocycles. The lowest BCUT2D eigenvalue weighted by Gasteiger charge is -2.20. The molecule has 142 valence electrons. The molecule has 3 aromatic rings. The maximum Gasteiger partial charge on any atom is 0.246 e. The number of carbonyl (C=O) groups excluding carboxylic acids is 1. The Hall–Kier alpha value is -2.88. The Balaban J connectivity index is 1.48. The van der Waals surface area contributed by atoms with Crippen molar-refractivity contribution in [2.75, 3.05) is 13.1 Å². The van der Waals surface area contributed by atoms with Gasteiger partial charge in [-0.15, -0.1) is 0 Å². The van der Waals surface area contributed by atoms with Gasteiger partial charge in [-0.2, -0.15) is 5.10 Å². The van der Waals surface area contributed by atoms with Gasteiger partial charge in [-0.3, -0.25) is 4.79 Å². The van der Waals surface area contributed by atoms with Crippen LogP contribution in [0, 0.1) is 11.8 Å². The van der Waals surface area contributed by atoms with E-state index in [-0.39, 0.29) is 5.91 Å². The molecule has 2 saturated heterocycles. The van der Waals surface area contributed by atoms with Crippen LogP contribution in [0.4, 0.5) is 0 Å². The molecule has 0 atom stereocenters. The van der Waals surface area contributed by atoms with Gasteiger partial charge in [0.05, 0.1) is 5.52 Å². The SMILES string of the molecule is O=C(/C=C/c1c(-c2ccccc2)nn2ccccc12)N1CC2CCC(CC2)C1. The van der Waals surface area contributed by atoms with Crippen LogP contribution in [-0.4, -0.2) is 33.5 Å². The van der Waals surface area contributed by atoms with E-state index in [2.05, 4.69) is 23.1 Å². The Bertz CT molecular complexity index is 999. The number of benzene rings is 1. The first kappa shape index (κ1) is 17.2. The summed E-state index contributed by atoms with van der Waals surface area (Å²) in [4.78, 5) is 15.0. The van der Waals surface area contributed by atoms with Gasteiger partial charge in [-0.1, -0.05) is 36.4 Å². The van der Waals surface area contributed by atoms with Crippen LogP contribution >= 0.6 is 0 Å². The third kappa shape index (κ3) is 3.24. The van der Waals surface area contributed by atoms with E-state index in [4.69, 9.17) is 5.10 Å². The summed E-state index contributed by atoms with van der Waals surface area (Å²) in [5.74, 6) is 1.51. The Morgan fingerprint density at radius 3 is 2.32 bits per heavy atom. The zero-order chi connectivity index (χ0) is 18.9. The summed E-state index contributed by atoms with van der Waals surface area (Å²) in [6.45, 7) is 1.83. The molecule has 4 nitrogen and oxygen atoms in total. The van der Waals surface area contributed by atoms with E-state index in [1.54, 1.807) is 6.08 Å². The predicted molar refractivity (Wildman–Crippen MR) is 112 cm³/mol. The maximum absolute atomic E-state index is 13.0. The third-order valence-electron chi connectivity index (χ3n) is 6.25. The summed E-state index contributed by atoms with van der Waals surface area (Å²) in [6, 6.07) is 16.2. The molecule has 1 aliphatic carbocycles. The minimum atomic E-state index is 0.132. The first-order valence-corrected chi connectivity index (χ1v) is 10.3. The summed E-state index contributed by atoms with van der Waals surface area (Å²) in [6.07, 6.45) is 10.8. The minimum absolute atomic E-state index is 0.132. The van der Waals surface area contributed by atoms with Crippen molar-refractivity contribution < 1.29 is 4.79 Å². The second kappa shape index (κ2) is 7.27. The Morgan fingerprint density at radius 2 is 1.61 bits per heavy atom. The van der Waals surface area contributed by atoms with Gasteiger partial charge < -0.3 is 4.90 Å². The fourth-order valence-electron chi connectivity index (χ4n) is 4.73. The van der Waals surface area contributed by atoms with Gasteiger partial charge in [0.1, 0.15) is 5.69 Å². The highest BCUT2D eigenvalue weighted by atomic mass is 16.2. The first-order chi connectivity index (χ1) is 13.8. The number of hydrogen-bond donors (Lipinski definition) is 0. The van der Waals surface area contributed by atoms with Gasteiger partial charge in [-0.25, -0.2) is 4.52 Å². The Kier molecular flexibility index (Phi) is 4.47. The summed E-state index contributed by atoms with van der Waals surface area (Å²) >= 11 is 0. The molecule has 6 rings (SSSR count). The van der Waals surface area contributed by atoms with Crippen molar-refractivity contribution >= 4 is 17.5 Å². The van der Waals surface area contributed by atoms with Crippen LogP contribution in [0.3, 0.4) is 0 Å². The van der Waals surface area contributed by atoms with Crippen molar-refractivity contribution in [2.45, 2.75) is 25.7 Å². The highest BCUT2D eigenvalue weighted by Gasteiger charge is 2.30. The van der Waals surface area contributed by atoms with Crippen LogP contribution in [0.1, 0.15) is 31.2 Å². The maximum atomic E-state index is 13.0. The van der Waals surface area contributed by atoms with E-state index in [0.29, 0.717) is 11.8 Å². The molecule has 0 N–H and O–H groups in total. The highest BCUT2D eigenvalue weighted by molar-refractivity contribution is 5.95. The standard InChI is InChI=1S/C24H25N3O/c28-23(26-16-18-9-10-19(17-26)12-11-18)14-13-21-22-8-4-5-15-27(22)25-24(21)20-6-2-1-3-7-20/h1-8,13-15,18-19H,9-12,16-17H2/b14-13+. The molecule has 2 aliphatic heterocycles. The molecule has 0 unspecified atom stereocenters. The second-order valence-electron chi connectivity index (χ2n) is 8.12. The molecule has 1 saturated carbocycles. The van der Waals surface area contributed by atoms with Crippen LogP contribution in [0.2, 0.25) is 0 Å². The highest BCUT2D eigenvalue weighted by Crippen LogP contribution is 2.34. The molecule has 2 bridgehead atoms. The van der Waals surface area contributed by atoms with E-state index in [1.165, 1.54) is 25.7 Å². The number of fused-ring (bicyclic) bond motifs is 5. The van der Waals surface area contributed by atoms with Crippen molar-refractivity contribution in [3.05, 3.63) is 66.4 Å². The van der Waals surface area contributed by atoms with Crippen LogP contribution in [0.5, 0.6) is 0 Å². The van der Waals surface area contributed by atoms with E-state index < -0.39 is 0 Å². The molecular formula is C24H25N3O. The fraction of sp³-hybridized carbons (Fsp3) is 0.333. The molecule has 4 heteroatoms. The summed E-state index contributed by atoms with van der Waals surface area (Å²) in [7, 11) is 0. The monoisotopic (exact) mass is 371 g/mol. The molecule has 0 radical (unpaired) electrons. The number of nitrogens with zero attached hydrogens (tertiary/aromatic N) is 3. The molecule has 1 amide bonds. The normalized spacial score (nSPS) is 22.1. The van der Waals surface area contributed by atoms with Gasteiger partial charge in [0.15, 0.2) is 0 Å². The van der Waals surface area contributed by atoms with Crippen molar-refractivity contribution in [3.63, 3.8) is 0 Å². The van der Waals surface area contributed by atoms with Gasteiger partial charge in [-0.05, 0) is 55.7 Å². The number of pyridine rings is 1. The van der Waals surface area contributed by atoms with E-state index in [9.17, 15) is 4.79 Å². The lowest BCUT2D eigenvalue weighted by Crippen LogP contribution is -2.33. The third-order valence-corrected chi connectivity index (χ3v) is 6.25. The predicted octanol–water partition coefficient (Wildman–Crippen LogP) is 4.66. The molecule has 4 heterocycles. The van der Waals surface area contributed by atoms with Gasteiger partial charge in [0.25, 0.3) is 0 Å². The second-order valence-corrected chi connectivity index (χ2v) is 8.12. The number of carbonyl (C=O) groups is 1. The first-order valence-electron chi connectivity index (χ1n) is 10.3. The van der Waals surface area contributed by atoms with Crippen LogP contribution < -0.4 is 0 Å². The quantitative estimate of drug-likeness (QED) is 0.628. The Labute approximate surface area is 165 Å². The van der Waals surface area contributed by atoms with Crippen LogP contribution in [0.15, 0.2) is 60.8 Å². The summed E-state index contributed by atoms with van der Waals surface area (Å²) < 4.78 is 1.89. The van der Waals surface area contributed by atoms with Crippen LogP contribution in [-0.2, 0) is 4.79 Å². The largest absolute Gasteiger partial charge is 0.339 e. The number of amides is 1. The van der Waals surface area contributed by atoms with Crippen LogP contribution in [0.25, 0.3) is 22.9 Å². The molecule has 2 aromatic heterocycles. The zero-order valence-corrected chi connectivity index (χ0v) is 16.0. The number of rotatable bonds is 3. The molecule has 3 fully saturated rings.